The Bertz CT molecular complexity index is 371. The van der Waals surface area contributed by atoms with Gasteiger partial charge in [-0.2, -0.15) is 0 Å². The highest BCUT2D eigenvalue weighted by Gasteiger charge is 2.28. The summed E-state index contributed by atoms with van der Waals surface area (Å²) in [4.78, 5) is 11.3. The number of hydrogen-bond donors (Lipinski definition) is 1. The monoisotopic (exact) mass is 191 g/mol. The zero-order chi connectivity index (χ0) is 10.2. The van der Waals surface area contributed by atoms with Gasteiger partial charge in [0.15, 0.2) is 0 Å². The lowest BCUT2D eigenvalue weighted by molar-refractivity contribution is 0.0519. The van der Waals surface area contributed by atoms with Crippen LogP contribution in [0.25, 0.3) is 0 Å². The zero-order valence-electron chi connectivity index (χ0n) is 8.33. The summed E-state index contributed by atoms with van der Waals surface area (Å²) in [6.45, 7) is 3.82. The van der Waals surface area contributed by atoms with Gasteiger partial charge in [-0.05, 0) is 25.5 Å². The highest BCUT2D eigenvalue weighted by molar-refractivity contribution is 5.86. The lowest BCUT2D eigenvalue weighted by Gasteiger charge is -2.21. The smallest absolute Gasteiger partial charge is 0.412 e. The lowest BCUT2D eigenvalue weighted by Crippen LogP contribution is -2.29. The first-order chi connectivity index (χ1) is 6.57. The van der Waals surface area contributed by atoms with Gasteiger partial charge in [-0.1, -0.05) is 18.2 Å². The van der Waals surface area contributed by atoms with Gasteiger partial charge in [0, 0.05) is 12.1 Å². The number of ether oxygens (including phenoxy) is 1. The number of carbonyl (C=O) groups excluding carboxylic acids is 1. The Kier molecular flexibility index (Phi) is 1.95. The molecule has 0 aliphatic carbocycles. The van der Waals surface area contributed by atoms with E-state index in [-0.39, 0.29) is 6.09 Å². The fourth-order valence-electron chi connectivity index (χ4n) is 1.68. The zero-order valence-corrected chi connectivity index (χ0v) is 8.33. The number of fused-ring (bicyclic) bond motifs is 1. The highest BCUT2D eigenvalue weighted by atomic mass is 16.6. The van der Waals surface area contributed by atoms with E-state index in [1.165, 1.54) is 0 Å². The van der Waals surface area contributed by atoms with Crippen LogP contribution in [0.3, 0.4) is 0 Å². The summed E-state index contributed by atoms with van der Waals surface area (Å²) in [5.41, 5.74) is 1.53. The van der Waals surface area contributed by atoms with Gasteiger partial charge in [0.05, 0.1) is 0 Å². The third kappa shape index (κ3) is 1.71. The molecule has 3 nitrogen and oxygen atoms in total. The predicted octanol–water partition coefficient (Wildman–Crippen LogP) is 2.57. The van der Waals surface area contributed by atoms with E-state index in [9.17, 15) is 4.79 Å². The van der Waals surface area contributed by atoms with E-state index in [2.05, 4.69) is 5.32 Å². The number of carbonyl (C=O) groups is 1. The van der Waals surface area contributed by atoms with Crippen molar-refractivity contribution in [3.63, 3.8) is 0 Å². The SMILES string of the molecule is CC1(C)Cc2ccccc2NC(=O)O1. The molecule has 0 aromatic heterocycles. The number of amides is 1. The lowest BCUT2D eigenvalue weighted by atomic mass is 9.98. The molecule has 1 N–H and O–H groups in total. The Labute approximate surface area is 83.1 Å². The summed E-state index contributed by atoms with van der Waals surface area (Å²) in [5.74, 6) is 0. The maximum atomic E-state index is 11.3. The molecule has 74 valence electrons. The molecule has 2 rings (SSSR count). The molecule has 0 bridgehead atoms. The minimum Gasteiger partial charge on any atom is -0.443 e. The Morgan fingerprint density at radius 2 is 2.07 bits per heavy atom. The Morgan fingerprint density at radius 1 is 1.36 bits per heavy atom. The van der Waals surface area contributed by atoms with Gasteiger partial charge < -0.3 is 4.74 Å². The van der Waals surface area contributed by atoms with Crippen LogP contribution in [0.4, 0.5) is 10.5 Å². The minimum atomic E-state index is -0.434. The van der Waals surface area contributed by atoms with Crippen LogP contribution in [-0.2, 0) is 11.2 Å². The fourth-order valence-corrected chi connectivity index (χ4v) is 1.68. The standard InChI is InChI=1S/C11H13NO2/c1-11(2)7-8-5-3-4-6-9(8)12-10(13)14-11/h3-6H,7H2,1-2H3,(H,12,13). The normalized spacial score (nSPS) is 18.9. The van der Waals surface area contributed by atoms with Crippen molar-refractivity contribution < 1.29 is 9.53 Å². The van der Waals surface area contributed by atoms with Gasteiger partial charge in [0.2, 0.25) is 0 Å². The van der Waals surface area contributed by atoms with E-state index >= 15 is 0 Å². The van der Waals surface area contributed by atoms with Crippen molar-refractivity contribution in [3.05, 3.63) is 29.8 Å². The molecular formula is C11H13NO2. The van der Waals surface area contributed by atoms with Crippen LogP contribution in [0.2, 0.25) is 0 Å². The molecule has 0 saturated heterocycles. The number of nitrogens with one attached hydrogen (secondary N) is 1. The molecular weight excluding hydrogens is 178 g/mol. The average Bonchev–Trinajstić information content (AvgIpc) is 2.16. The second-order valence-electron chi connectivity index (χ2n) is 4.11. The molecule has 0 atom stereocenters. The number of rotatable bonds is 0. The van der Waals surface area contributed by atoms with Crippen LogP contribution < -0.4 is 5.32 Å². The summed E-state index contributed by atoms with van der Waals surface area (Å²) < 4.78 is 5.23. The van der Waals surface area contributed by atoms with E-state index in [1.54, 1.807) is 0 Å². The van der Waals surface area contributed by atoms with Crippen molar-refractivity contribution in [2.24, 2.45) is 0 Å². The van der Waals surface area contributed by atoms with Crippen molar-refractivity contribution in [1.82, 2.24) is 0 Å². The molecule has 1 aromatic rings. The van der Waals surface area contributed by atoms with Crippen LogP contribution in [0.15, 0.2) is 24.3 Å². The first-order valence-corrected chi connectivity index (χ1v) is 4.65. The van der Waals surface area contributed by atoms with E-state index in [0.29, 0.717) is 0 Å². The summed E-state index contributed by atoms with van der Waals surface area (Å²) in [6.07, 6.45) is 0.363. The van der Waals surface area contributed by atoms with Crippen molar-refractivity contribution in [1.29, 1.82) is 0 Å². The van der Waals surface area contributed by atoms with Crippen molar-refractivity contribution >= 4 is 11.8 Å². The third-order valence-electron chi connectivity index (χ3n) is 2.24. The van der Waals surface area contributed by atoms with Gasteiger partial charge in [0.1, 0.15) is 5.60 Å². The van der Waals surface area contributed by atoms with Crippen LogP contribution in [-0.4, -0.2) is 11.7 Å². The maximum absolute atomic E-state index is 11.3. The molecule has 0 saturated carbocycles. The summed E-state index contributed by atoms with van der Waals surface area (Å²) in [5, 5.41) is 2.72. The molecule has 1 heterocycles. The van der Waals surface area contributed by atoms with Gasteiger partial charge in [-0.3, -0.25) is 5.32 Å². The molecule has 0 fully saturated rings. The van der Waals surface area contributed by atoms with Crippen molar-refractivity contribution in [2.75, 3.05) is 5.32 Å². The van der Waals surface area contributed by atoms with Crippen LogP contribution >= 0.6 is 0 Å². The third-order valence-corrected chi connectivity index (χ3v) is 2.24. The number of benzene rings is 1. The van der Waals surface area contributed by atoms with Crippen LogP contribution in [0.1, 0.15) is 19.4 Å². The van der Waals surface area contributed by atoms with Gasteiger partial charge in [-0.25, -0.2) is 4.79 Å². The summed E-state index contributed by atoms with van der Waals surface area (Å²) >= 11 is 0. The van der Waals surface area contributed by atoms with E-state index in [0.717, 1.165) is 17.7 Å². The fraction of sp³-hybridized carbons (Fsp3) is 0.364. The molecule has 0 spiro atoms. The Morgan fingerprint density at radius 3 is 2.86 bits per heavy atom. The molecule has 1 aliphatic heterocycles. The average molecular weight is 191 g/mol. The van der Waals surface area contributed by atoms with Crippen molar-refractivity contribution in [3.8, 4) is 0 Å². The van der Waals surface area contributed by atoms with E-state index in [1.807, 2.05) is 38.1 Å². The number of cyclic esters (lactones) is 1. The van der Waals surface area contributed by atoms with Gasteiger partial charge >= 0.3 is 6.09 Å². The van der Waals surface area contributed by atoms with Crippen molar-refractivity contribution in [2.45, 2.75) is 25.9 Å². The quantitative estimate of drug-likeness (QED) is 0.684. The van der Waals surface area contributed by atoms with E-state index < -0.39 is 5.60 Å². The van der Waals surface area contributed by atoms with Crippen LogP contribution in [0, 0.1) is 0 Å². The highest BCUT2D eigenvalue weighted by Crippen LogP contribution is 2.26. The molecule has 0 radical (unpaired) electrons. The topological polar surface area (TPSA) is 38.3 Å². The van der Waals surface area contributed by atoms with Gasteiger partial charge in [-0.15, -0.1) is 0 Å². The largest absolute Gasteiger partial charge is 0.443 e. The predicted molar refractivity (Wildman–Crippen MR) is 54.3 cm³/mol. The Balaban J connectivity index is 2.42. The molecule has 3 heteroatoms. The number of hydrogen-bond acceptors (Lipinski definition) is 2. The maximum Gasteiger partial charge on any atom is 0.412 e. The number of para-hydroxylation sites is 1. The molecule has 14 heavy (non-hydrogen) atoms. The van der Waals surface area contributed by atoms with E-state index in [4.69, 9.17) is 4.74 Å². The number of anilines is 1. The molecule has 1 aliphatic rings. The summed E-state index contributed by atoms with van der Waals surface area (Å²) in [6, 6.07) is 7.76. The molecule has 1 aromatic carbocycles. The van der Waals surface area contributed by atoms with Crippen LogP contribution in [0.5, 0.6) is 0 Å². The Hall–Kier alpha value is -1.51. The second-order valence-corrected chi connectivity index (χ2v) is 4.11. The molecule has 1 amide bonds. The first kappa shape index (κ1) is 9.06. The summed E-state index contributed by atoms with van der Waals surface area (Å²) in [7, 11) is 0. The van der Waals surface area contributed by atoms with Gasteiger partial charge in [0.25, 0.3) is 0 Å². The second kappa shape index (κ2) is 3.01. The molecule has 0 unspecified atom stereocenters. The first-order valence-electron chi connectivity index (χ1n) is 4.65. The minimum absolute atomic E-state index is 0.375.